The van der Waals surface area contributed by atoms with Gasteiger partial charge in [-0.2, -0.15) is 0 Å². The summed E-state index contributed by atoms with van der Waals surface area (Å²) in [7, 11) is 2.24. The van der Waals surface area contributed by atoms with Crippen LogP contribution < -0.4 is 0 Å². The van der Waals surface area contributed by atoms with Crippen molar-refractivity contribution < 1.29 is 48.1 Å². The molecule has 11 nitrogen and oxygen atoms in total. The summed E-state index contributed by atoms with van der Waals surface area (Å²) in [4.78, 5) is 55.5. The summed E-state index contributed by atoms with van der Waals surface area (Å²) in [5.41, 5.74) is -1.63. The van der Waals surface area contributed by atoms with E-state index in [1.165, 1.54) is 11.1 Å². The molecule has 4 heterocycles. The van der Waals surface area contributed by atoms with Crippen molar-refractivity contribution in [3.63, 3.8) is 0 Å². The summed E-state index contributed by atoms with van der Waals surface area (Å²) in [6, 6.07) is -0.767. The van der Waals surface area contributed by atoms with Gasteiger partial charge in [0.05, 0.1) is 25.8 Å². The third-order valence-electron chi connectivity index (χ3n) is 5.73. The molecule has 4 atom stereocenters. The molecule has 1 N–H and O–H groups in total. The summed E-state index contributed by atoms with van der Waals surface area (Å²) in [6.45, 7) is -0.183. The molecule has 4 aliphatic rings. The van der Waals surface area contributed by atoms with Crippen LogP contribution in [0.5, 0.6) is 0 Å². The molecular formula is C18H19NO10. The number of aliphatic hydroxyl groups is 1. The van der Waals surface area contributed by atoms with Crippen LogP contribution in [0.15, 0.2) is 23.0 Å². The lowest BCUT2D eigenvalue weighted by Crippen LogP contribution is -2.52. The van der Waals surface area contributed by atoms with Crippen molar-refractivity contribution in [2.45, 2.75) is 30.5 Å². The van der Waals surface area contributed by atoms with Crippen LogP contribution in [0, 0.1) is 5.92 Å². The number of nitrogens with zero attached hydrogens (tertiary/aromatic N) is 1. The smallest absolute Gasteiger partial charge is 0.376 e. The predicted octanol–water partition coefficient (Wildman–Crippen LogP) is -1.25. The van der Waals surface area contributed by atoms with E-state index in [1.54, 1.807) is 0 Å². The highest BCUT2D eigenvalue weighted by atomic mass is 16.7. The summed E-state index contributed by atoms with van der Waals surface area (Å²) in [6.07, 6.45) is 0.810. The van der Waals surface area contributed by atoms with Crippen molar-refractivity contribution in [1.82, 2.24) is 5.06 Å². The second-order valence-electron chi connectivity index (χ2n) is 7.01. The van der Waals surface area contributed by atoms with Crippen molar-refractivity contribution in [1.29, 1.82) is 0 Å². The molecule has 0 aromatic heterocycles. The lowest BCUT2D eigenvalue weighted by atomic mass is 9.80. The van der Waals surface area contributed by atoms with E-state index in [0.29, 0.717) is 0 Å². The topological polar surface area (TPSA) is 138 Å². The molecule has 0 saturated carbocycles. The zero-order valence-corrected chi connectivity index (χ0v) is 15.7. The number of hydroxylamine groups is 2. The van der Waals surface area contributed by atoms with Crippen LogP contribution in [-0.4, -0.2) is 79.2 Å². The lowest BCUT2D eigenvalue weighted by molar-refractivity contribution is -0.183. The third kappa shape index (κ3) is 2.57. The van der Waals surface area contributed by atoms with E-state index in [1.807, 2.05) is 0 Å². The Bertz CT molecular complexity index is 861. The number of methoxy groups -OCH3 is 2. The Labute approximate surface area is 164 Å². The second kappa shape index (κ2) is 6.85. The fourth-order valence-corrected chi connectivity index (χ4v) is 4.53. The Morgan fingerprint density at radius 1 is 1.21 bits per heavy atom. The number of esters is 4. The van der Waals surface area contributed by atoms with Crippen LogP contribution in [0.3, 0.4) is 0 Å². The Kier molecular flexibility index (Phi) is 4.58. The van der Waals surface area contributed by atoms with E-state index in [2.05, 4.69) is 0 Å². The van der Waals surface area contributed by atoms with Crippen molar-refractivity contribution >= 4 is 23.9 Å². The van der Waals surface area contributed by atoms with Crippen molar-refractivity contribution in [3.8, 4) is 0 Å². The number of ether oxygens (including phenoxy) is 4. The molecule has 0 aromatic rings. The summed E-state index contributed by atoms with van der Waals surface area (Å²) in [5.74, 6) is -4.56. The molecular weight excluding hydrogens is 390 g/mol. The minimum absolute atomic E-state index is 0.00940. The summed E-state index contributed by atoms with van der Waals surface area (Å²) in [5, 5.41) is 11.5. The highest BCUT2D eigenvalue weighted by Crippen LogP contribution is 2.54. The van der Waals surface area contributed by atoms with Gasteiger partial charge in [0, 0.05) is 0 Å². The highest BCUT2D eigenvalue weighted by Gasteiger charge is 2.67. The average molecular weight is 409 g/mol. The molecule has 4 rings (SSSR count). The first-order valence-electron chi connectivity index (χ1n) is 8.98. The zero-order valence-electron chi connectivity index (χ0n) is 15.7. The molecule has 0 radical (unpaired) electrons. The highest BCUT2D eigenvalue weighted by molar-refractivity contribution is 6.06. The van der Waals surface area contributed by atoms with E-state index in [-0.39, 0.29) is 37.2 Å². The molecule has 29 heavy (non-hydrogen) atoms. The number of carbonyl (C=O) groups excluding carboxylic acids is 4. The molecule has 11 heteroatoms. The van der Waals surface area contributed by atoms with Crippen molar-refractivity contribution in [3.05, 3.63) is 23.0 Å². The van der Waals surface area contributed by atoms with Gasteiger partial charge < -0.3 is 28.9 Å². The third-order valence-corrected chi connectivity index (χ3v) is 5.73. The van der Waals surface area contributed by atoms with Gasteiger partial charge in [0.2, 0.25) is 5.76 Å². The van der Waals surface area contributed by atoms with E-state index < -0.39 is 53.2 Å². The molecule has 0 bridgehead atoms. The van der Waals surface area contributed by atoms with Gasteiger partial charge >= 0.3 is 23.9 Å². The maximum atomic E-state index is 12.7. The van der Waals surface area contributed by atoms with Crippen LogP contribution in [0.1, 0.15) is 12.8 Å². The molecule has 2 saturated heterocycles. The second-order valence-corrected chi connectivity index (χ2v) is 7.01. The quantitative estimate of drug-likeness (QED) is 0.440. The van der Waals surface area contributed by atoms with Crippen LogP contribution in [-0.2, 0) is 43.0 Å². The minimum Gasteiger partial charge on any atom is -0.465 e. The van der Waals surface area contributed by atoms with Crippen LogP contribution in [0.4, 0.5) is 0 Å². The minimum atomic E-state index is -1.52. The van der Waals surface area contributed by atoms with Gasteiger partial charge in [-0.15, -0.1) is 5.06 Å². The van der Waals surface area contributed by atoms with Gasteiger partial charge in [-0.3, -0.25) is 4.79 Å². The predicted molar refractivity (Wildman–Crippen MR) is 89.2 cm³/mol. The molecule has 0 aliphatic carbocycles. The van der Waals surface area contributed by atoms with Crippen LogP contribution in [0.25, 0.3) is 0 Å². The van der Waals surface area contributed by atoms with E-state index >= 15 is 0 Å². The van der Waals surface area contributed by atoms with Crippen molar-refractivity contribution in [2.75, 3.05) is 27.4 Å². The van der Waals surface area contributed by atoms with Gasteiger partial charge in [-0.25, -0.2) is 14.4 Å². The molecule has 0 amide bonds. The number of hydrogen-bond donors (Lipinski definition) is 1. The summed E-state index contributed by atoms with van der Waals surface area (Å²) >= 11 is 0. The lowest BCUT2D eigenvalue weighted by Gasteiger charge is -2.35. The van der Waals surface area contributed by atoms with Crippen LogP contribution >= 0.6 is 0 Å². The van der Waals surface area contributed by atoms with E-state index in [4.69, 9.17) is 23.8 Å². The number of fused-ring (bicyclic) bond motifs is 1. The molecule has 156 valence electrons. The number of carbonyl (C=O) groups is 4. The molecule has 2 fully saturated rings. The number of rotatable bonds is 4. The molecule has 0 aromatic carbocycles. The Balaban J connectivity index is 1.87. The van der Waals surface area contributed by atoms with Gasteiger partial charge in [-0.05, 0) is 18.9 Å². The fraction of sp³-hybridized carbons (Fsp3) is 0.556. The Hall–Kier alpha value is -2.92. The largest absolute Gasteiger partial charge is 0.465 e. The standard InChI is InChI=1S/C18H19NO10/c1-25-16(23)12-13(17(24)26-2)29-19-9(11-10(20)7-28-15(11)22)3-5-18(12,19)8-4-6-27-14(8)21/h4,9-11,20H,3,5-7H2,1-2H3/t9-,10-,11-,18-/m0/s1. The van der Waals surface area contributed by atoms with E-state index in [9.17, 15) is 24.3 Å². The van der Waals surface area contributed by atoms with Crippen molar-refractivity contribution in [2.24, 2.45) is 5.92 Å². The zero-order chi connectivity index (χ0) is 20.9. The SMILES string of the molecule is COC(=O)C1=C(C(=O)OC)[C@@]2(C3=CCOC3=O)CC[C@@H]([C@@H]3C(=O)OC[C@@H]3O)N2O1. The molecule has 0 unspecified atom stereocenters. The fourth-order valence-electron chi connectivity index (χ4n) is 4.53. The summed E-state index contributed by atoms with van der Waals surface area (Å²) < 4.78 is 19.5. The van der Waals surface area contributed by atoms with Crippen LogP contribution in [0.2, 0.25) is 0 Å². The first-order chi connectivity index (χ1) is 13.9. The van der Waals surface area contributed by atoms with Gasteiger partial charge in [-0.1, -0.05) is 0 Å². The maximum absolute atomic E-state index is 12.7. The Morgan fingerprint density at radius 3 is 2.48 bits per heavy atom. The average Bonchev–Trinajstić information content (AvgIpc) is 3.44. The number of cyclic esters (lactones) is 2. The first kappa shape index (κ1) is 19.4. The van der Waals surface area contributed by atoms with E-state index in [0.717, 1.165) is 14.2 Å². The van der Waals surface area contributed by atoms with Gasteiger partial charge in [0.1, 0.15) is 36.3 Å². The monoisotopic (exact) mass is 409 g/mol. The first-order valence-corrected chi connectivity index (χ1v) is 8.98. The van der Waals surface area contributed by atoms with Gasteiger partial charge in [0.25, 0.3) is 0 Å². The maximum Gasteiger partial charge on any atom is 0.376 e. The molecule has 4 aliphatic heterocycles. The van der Waals surface area contributed by atoms with Gasteiger partial charge in [0.15, 0.2) is 0 Å². The number of hydrogen-bond acceptors (Lipinski definition) is 11. The molecule has 0 spiro atoms. The normalized spacial score (nSPS) is 33.8. The number of aliphatic hydroxyl groups excluding tert-OH is 1. The Morgan fingerprint density at radius 2 is 1.93 bits per heavy atom.